The van der Waals surface area contributed by atoms with Crippen LogP contribution < -0.4 is 10.1 Å². The number of nitrogens with one attached hydrogen (secondary N) is 1. The van der Waals surface area contributed by atoms with Gasteiger partial charge in [0.1, 0.15) is 11.7 Å². The summed E-state index contributed by atoms with van der Waals surface area (Å²) >= 11 is 3.47. The van der Waals surface area contributed by atoms with E-state index in [-0.39, 0.29) is 11.8 Å². The Bertz CT molecular complexity index is 564. The van der Waals surface area contributed by atoms with E-state index in [1.807, 2.05) is 32.0 Å². The maximum Gasteiger partial charge on any atom is 0.237 e. The van der Waals surface area contributed by atoms with Crippen molar-refractivity contribution in [1.29, 1.82) is 5.26 Å². The van der Waals surface area contributed by atoms with Crippen LogP contribution in [0.5, 0.6) is 5.75 Å². The summed E-state index contributed by atoms with van der Waals surface area (Å²) in [6.07, 6.45) is 0.891. The monoisotopic (exact) mass is 336 g/mol. The van der Waals surface area contributed by atoms with Crippen LogP contribution in [0.3, 0.4) is 0 Å². The SMILES string of the molecule is CC(C)C(C#N)C(=O)NCc1cc(Br)cc2c1OCC2. The number of carbonyl (C=O) groups is 1. The number of hydrogen-bond donors (Lipinski definition) is 1. The molecule has 5 heteroatoms. The van der Waals surface area contributed by atoms with Crippen molar-refractivity contribution in [2.24, 2.45) is 11.8 Å². The second-order valence-electron chi connectivity index (χ2n) is 5.22. The largest absolute Gasteiger partial charge is 0.493 e. The highest BCUT2D eigenvalue weighted by molar-refractivity contribution is 9.10. The molecule has 1 N–H and O–H groups in total. The van der Waals surface area contributed by atoms with Crippen molar-refractivity contribution in [1.82, 2.24) is 5.32 Å². The zero-order valence-corrected chi connectivity index (χ0v) is 13.2. The number of amides is 1. The molecule has 1 aromatic rings. The number of rotatable bonds is 4. The molecule has 1 aliphatic rings. The third-order valence-corrected chi connectivity index (χ3v) is 3.82. The summed E-state index contributed by atoms with van der Waals surface area (Å²) in [6, 6.07) is 6.04. The summed E-state index contributed by atoms with van der Waals surface area (Å²) in [5.41, 5.74) is 2.10. The molecule has 20 heavy (non-hydrogen) atoms. The third-order valence-electron chi connectivity index (χ3n) is 3.37. The molecule has 4 nitrogen and oxygen atoms in total. The lowest BCUT2D eigenvalue weighted by atomic mass is 9.96. The Labute approximate surface area is 127 Å². The predicted octanol–water partition coefficient (Wildman–Crippen LogP) is 2.80. The third kappa shape index (κ3) is 3.13. The van der Waals surface area contributed by atoms with Gasteiger partial charge < -0.3 is 10.1 Å². The van der Waals surface area contributed by atoms with Gasteiger partial charge >= 0.3 is 0 Å². The molecule has 0 fully saturated rings. The highest BCUT2D eigenvalue weighted by Gasteiger charge is 2.23. The summed E-state index contributed by atoms with van der Waals surface area (Å²) in [5, 5.41) is 11.8. The van der Waals surface area contributed by atoms with Crippen LogP contribution in [0.15, 0.2) is 16.6 Å². The Kier molecular flexibility index (Phi) is 4.66. The lowest BCUT2D eigenvalue weighted by Gasteiger charge is -2.14. The first-order chi connectivity index (χ1) is 9.52. The number of carbonyl (C=O) groups excluding carboxylic acids is 1. The molecule has 1 unspecified atom stereocenters. The van der Waals surface area contributed by atoms with Crippen LogP contribution >= 0.6 is 15.9 Å². The smallest absolute Gasteiger partial charge is 0.237 e. The molecule has 0 saturated carbocycles. The highest BCUT2D eigenvalue weighted by atomic mass is 79.9. The van der Waals surface area contributed by atoms with E-state index in [1.54, 1.807) is 0 Å². The Morgan fingerprint density at radius 1 is 1.55 bits per heavy atom. The molecule has 0 radical (unpaired) electrons. The molecule has 0 aromatic heterocycles. The number of nitrogens with zero attached hydrogens (tertiary/aromatic N) is 1. The van der Waals surface area contributed by atoms with Crippen LogP contribution in [-0.2, 0) is 17.8 Å². The molecule has 0 bridgehead atoms. The number of fused-ring (bicyclic) bond motifs is 1. The van der Waals surface area contributed by atoms with Crippen molar-refractivity contribution in [2.45, 2.75) is 26.8 Å². The first-order valence-electron chi connectivity index (χ1n) is 6.64. The van der Waals surface area contributed by atoms with E-state index < -0.39 is 5.92 Å². The maximum absolute atomic E-state index is 12.0. The van der Waals surface area contributed by atoms with E-state index >= 15 is 0 Å². The second kappa shape index (κ2) is 6.27. The molecule has 2 rings (SSSR count). The molecule has 1 amide bonds. The fraction of sp³-hybridized carbons (Fsp3) is 0.467. The summed E-state index contributed by atoms with van der Waals surface area (Å²) in [6.45, 7) is 4.80. The lowest BCUT2D eigenvalue weighted by Crippen LogP contribution is -2.32. The fourth-order valence-corrected chi connectivity index (χ4v) is 2.83. The molecule has 106 valence electrons. The van der Waals surface area contributed by atoms with Gasteiger partial charge in [0.2, 0.25) is 5.91 Å². The minimum absolute atomic E-state index is 0.00414. The molecular weight excluding hydrogens is 320 g/mol. The predicted molar refractivity (Wildman–Crippen MR) is 79.1 cm³/mol. The average molecular weight is 337 g/mol. The zero-order valence-electron chi connectivity index (χ0n) is 11.6. The van der Waals surface area contributed by atoms with Crippen molar-refractivity contribution >= 4 is 21.8 Å². The van der Waals surface area contributed by atoms with Gasteiger partial charge in [0, 0.05) is 23.0 Å². The van der Waals surface area contributed by atoms with Crippen LogP contribution in [0.2, 0.25) is 0 Å². The van der Waals surface area contributed by atoms with Crippen LogP contribution in [0.25, 0.3) is 0 Å². The molecule has 1 atom stereocenters. The van der Waals surface area contributed by atoms with E-state index in [4.69, 9.17) is 10.00 Å². The summed E-state index contributed by atoms with van der Waals surface area (Å²) < 4.78 is 6.59. The molecule has 1 aromatic carbocycles. The van der Waals surface area contributed by atoms with Crippen molar-refractivity contribution in [3.05, 3.63) is 27.7 Å². The number of hydrogen-bond acceptors (Lipinski definition) is 3. The van der Waals surface area contributed by atoms with Crippen molar-refractivity contribution in [3.8, 4) is 11.8 Å². The fourth-order valence-electron chi connectivity index (χ4n) is 2.28. The molecule has 0 saturated heterocycles. The lowest BCUT2D eigenvalue weighted by molar-refractivity contribution is -0.124. The summed E-state index contributed by atoms with van der Waals surface area (Å²) in [4.78, 5) is 12.0. The van der Waals surface area contributed by atoms with Crippen molar-refractivity contribution in [2.75, 3.05) is 6.61 Å². The van der Waals surface area contributed by atoms with Crippen LogP contribution in [0.1, 0.15) is 25.0 Å². The standard InChI is InChI=1S/C15H17BrN2O2/c1-9(2)13(7-17)15(19)18-8-11-6-12(16)5-10-3-4-20-14(10)11/h5-6,9,13H,3-4,8H2,1-2H3,(H,18,19). The minimum Gasteiger partial charge on any atom is -0.493 e. The van der Waals surface area contributed by atoms with Gasteiger partial charge in [-0.1, -0.05) is 29.8 Å². The van der Waals surface area contributed by atoms with E-state index in [0.29, 0.717) is 13.2 Å². The second-order valence-corrected chi connectivity index (χ2v) is 6.14. The van der Waals surface area contributed by atoms with Crippen molar-refractivity contribution < 1.29 is 9.53 Å². The number of benzene rings is 1. The number of ether oxygens (including phenoxy) is 1. The van der Waals surface area contributed by atoms with Gasteiger partial charge in [0.05, 0.1) is 12.7 Å². The van der Waals surface area contributed by atoms with Crippen LogP contribution in [0.4, 0.5) is 0 Å². The molecule has 0 spiro atoms. The number of halogens is 1. The van der Waals surface area contributed by atoms with E-state index in [0.717, 1.165) is 27.8 Å². The summed E-state index contributed by atoms with van der Waals surface area (Å²) in [5.74, 6) is 0.0290. The first kappa shape index (κ1) is 14.9. The summed E-state index contributed by atoms with van der Waals surface area (Å²) in [7, 11) is 0. The van der Waals surface area contributed by atoms with E-state index in [1.165, 1.54) is 0 Å². The van der Waals surface area contributed by atoms with Crippen LogP contribution in [-0.4, -0.2) is 12.5 Å². The van der Waals surface area contributed by atoms with E-state index in [2.05, 4.69) is 21.2 Å². The first-order valence-corrected chi connectivity index (χ1v) is 7.43. The maximum atomic E-state index is 12.0. The minimum atomic E-state index is -0.615. The quantitative estimate of drug-likeness (QED) is 0.919. The Hall–Kier alpha value is -1.54. The van der Waals surface area contributed by atoms with Gasteiger partial charge in [-0.3, -0.25) is 4.79 Å². The van der Waals surface area contributed by atoms with Gasteiger partial charge in [-0.15, -0.1) is 0 Å². The number of nitriles is 1. The highest BCUT2D eigenvalue weighted by Crippen LogP contribution is 2.32. The van der Waals surface area contributed by atoms with Crippen molar-refractivity contribution in [3.63, 3.8) is 0 Å². The molecule has 1 aliphatic heterocycles. The van der Waals surface area contributed by atoms with Gasteiger partial charge in [0.15, 0.2) is 0 Å². The zero-order chi connectivity index (χ0) is 14.7. The Morgan fingerprint density at radius 2 is 2.30 bits per heavy atom. The van der Waals surface area contributed by atoms with Gasteiger partial charge in [-0.25, -0.2) is 0 Å². The van der Waals surface area contributed by atoms with E-state index in [9.17, 15) is 4.79 Å². The van der Waals surface area contributed by atoms with Gasteiger partial charge in [-0.2, -0.15) is 5.26 Å². The molecular formula is C15H17BrN2O2. The average Bonchev–Trinajstić information content (AvgIpc) is 2.84. The van der Waals surface area contributed by atoms with Crippen LogP contribution in [0, 0.1) is 23.2 Å². The Balaban J connectivity index is 2.09. The molecule has 1 heterocycles. The van der Waals surface area contributed by atoms with Gasteiger partial charge in [0.25, 0.3) is 0 Å². The van der Waals surface area contributed by atoms with Gasteiger partial charge in [-0.05, 0) is 23.6 Å². The normalized spacial score (nSPS) is 14.3. The Morgan fingerprint density at radius 3 is 2.95 bits per heavy atom. The topological polar surface area (TPSA) is 62.1 Å². The molecule has 0 aliphatic carbocycles.